The molecular weight excluding hydrogens is 286 g/mol. The van der Waals surface area contributed by atoms with Crippen LogP contribution in [0.25, 0.3) is 0 Å². The van der Waals surface area contributed by atoms with Gasteiger partial charge in [-0.15, -0.1) is 0 Å². The van der Waals surface area contributed by atoms with Crippen LogP contribution < -0.4 is 0 Å². The van der Waals surface area contributed by atoms with Crippen LogP contribution in [0.2, 0.25) is 0 Å². The van der Waals surface area contributed by atoms with Gasteiger partial charge in [0.25, 0.3) is 0 Å². The molecule has 0 N–H and O–H groups in total. The van der Waals surface area contributed by atoms with Gasteiger partial charge in [0.15, 0.2) is 0 Å². The summed E-state index contributed by atoms with van der Waals surface area (Å²) in [6.45, 7) is 11.1. The third-order valence-corrected chi connectivity index (χ3v) is 3.71. The van der Waals surface area contributed by atoms with Gasteiger partial charge in [0.2, 0.25) is 0 Å². The number of hydrogen-bond acceptors (Lipinski definition) is 4. The quantitative estimate of drug-likeness (QED) is 0.487. The van der Waals surface area contributed by atoms with Crippen molar-refractivity contribution >= 4 is 23.5 Å². The molecule has 0 spiro atoms. The molecule has 0 heterocycles. The van der Waals surface area contributed by atoms with E-state index in [2.05, 4.69) is 4.40 Å². The van der Waals surface area contributed by atoms with Crippen LogP contribution in [0.1, 0.15) is 57.5 Å². The maximum atomic E-state index is 11.9. The molecule has 1 rings (SSSR count). The van der Waals surface area contributed by atoms with Gasteiger partial charge >= 0.3 is 5.97 Å². The van der Waals surface area contributed by atoms with E-state index in [0.717, 1.165) is 5.56 Å². The average Bonchev–Trinajstić information content (AvgIpc) is 2.33. The van der Waals surface area contributed by atoms with Crippen molar-refractivity contribution in [3.05, 3.63) is 35.4 Å². The van der Waals surface area contributed by atoms with Crippen LogP contribution in [0.15, 0.2) is 28.7 Å². The first kappa shape index (κ1) is 17.7. The SMILES string of the molecule is CC(C)(C)OC(=O)c1ccc(/C=N/[S+]([O-])C(C)(C)C)cc1. The molecule has 0 aliphatic carbocycles. The lowest BCUT2D eigenvalue weighted by Crippen LogP contribution is -2.25. The lowest BCUT2D eigenvalue weighted by Gasteiger charge is -2.19. The molecule has 1 aromatic carbocycles. The normalized spacial score (nSPS) is 14.2. The van der Waals surface area contributed by atoms with E-state index >= 15 is 0 Å². The van der Waals surface area contributed by atoms with Crippen LogP contribution >= 0.6 is 0 Å². The summed E-state index contributed by atoms with van der Waals surface area (Å²) >= 11 is -1.29. The Kier molecular flexibility index (Phi) is 5.59. The van der Waals surface area contributed by atoms with Gasteiger partial charge < -0.3 is 9.29 Å². The molecule has 116 valence electrons. The molecule has 1 atom stereocenters. The molecule has 5 heteroatoms. The van der Waals surface area contributed by atoms with Gasteiger partial charge in [0, 0.05) is 0 Å². The highest BCUT2D eigenvalue weighted by Gasteiger charge is 2.25. The minimum absolute atomic E-state index is 0.357. The summed E-state index contributed by atoms with van der Waals surface area (Å²) in [5.41, 5.74) is 0.764. The second-order valence-corrected chi connectivity index (χ2v) is 8.65. The van der Waals surface area contributed by atoms with Crippen molar-refractivity contribution < 1.29 is 14.1 Å². The minimum Gasteiger partial charge on any atom is -0.591 e. The molecule has 1 unspecified atom stereocenters. The number of nitrogens with zero attached hydrogens (tertiary/aromatic N) is 1. The number of rotatable bonds is 3. The molecule has 4 nitrogen and oxygen atoms in total. The molecule has 0 saturated heterocycles. The van der Waals surface area contributed by atoms with Crippen LogP contribution in [0.4, 0.5) is 0 Å². The number of ether oxygens (including phenoxy) is 1. The van der Waals surface area contributed by atoms with E-state index in [1.54, 1.807) is 30.5 Å². The summed E-state index contributed by atoms with van der Waals surface area (Å²) in [6.07, 6.45) is 1.56. The fourth-order valence-electron chi connectivity index (χ4n) is 1.31. The maximum absolute atomic E-state index is 11.9. The predicted molar refractivity (Wildman–Crippen MR) is 87.1 cm³/mol. The molecule has 0 aliphatic heterocycles. The zero-order chi connectivity index (χ0) is 16.3. The first-order valence-corrected chi connectivity index (χ1v) is 7.89. The van der Waals surface area contributed by atoms with Crippen LogP contribution in [-0.2, 0) is 16.1 Å². The van der Waals surface area contributed by atoms with Crippen LogP contribution in [0.3, 0.4) is 0 Å². The summed E-state index contributed by atoms with van der Waals surface area (Å²) in [6, 6.07) is 6.86. The number of carbonyl (C=O) groups excluding carboxylic acids is 1. The molecule has 1 aromatic rings. The molecule has 0 fully saturated rings. The highest BCUT2D eigenvalue weighted by atomic mass is 32.2. The van der Waals surface area contributed by atoms with E-state index in [1.165, 1.54) is 0 Å². The molecule has 0 radical (unpaired) electrons. The maximum Gasteiger partial charge on any atom is 0.338 e. The standard InChI is InChI=1S/C16H23NO3S/c1-15(2,3)20-14(18)13-9-7-12(8-10-13)11-17-21(19)16(4,5)6/h7-11H,1-6H3/b17-11+. The molecule has 0 amide bonds. The summed E-state index contributed by atoms with van der Waals surface area (Å²) in [5, 5.41) is 0. The van der Waals surface area contributed by atoms with Crippen molar-refractivity contribution in [3.8, 4) is 0 Å². The topological polar surface area (TPSA) is 61.7 Å². The Balaban J connectivity index is 2.75. The summed E-state index contributed by atoms with van der Waals surface area (Å²) in [7, 11) is 0. The van der Waals surface area contributed by atoms with Crippen molar-refractivity contribution in [3.63, 3.8) is 0 Å². The fourth-order valence-corrected chi connectivity index (χ4v) is 1.84. The zero-order valence-electron chi connectivity index (χ0n) is 13.5. The third kappa shape index (κ3) is 6.31. The number of esters is 1. The molecule has 21 heavy (non-hydrogen) atoms. The lowest BCUT2D eigenvalue weighted by molar-refractivity contribution is 0.00695. The number of hydrogen-bond donors (Lipinski definition) is 0. The first-order valence-electron chi connectivity index (χ1n) is 6.78. The Morgan fingerprint density at radius 3 is 2.10 bits per heavy atom. The Morgan fingerprint density at radius 2 is 1.67 bits per heavy atom. The Bertz CT molecular complexity index is 510. The fraction of sp³-hybridized carbons (Fsp3) is 0.500. The second-order valence-electron chi connectivity index (χ2n) is 6.72. The highest BCUT2D eigenvalue weighted by Crippen LogP contribution is 2.17. The molecule has 0 bridgehead atoms. The minimum atomic E-state index is -1.29. The Labute approximate surface area is 129 Å². The van der Waals surface area contributed by atoms with Crippen LogP contribution in [0, 0.1) is 0 Å². The van der Waals surface area contributed by atoms with Gasteiger partial charge in [0.05, 0.1) is 11.8 Å². The van der Waals surface area contributed by atoms with Crippen molar-refractivity contribution in [1.29, 1.82) is 0 Å². The smallest absolute Gasteiger partial charge is 0.338 e. The zero-order valence-corrected chi connectivity index (χ0v) is 14.3. The van der Waals surface area contributed by atoms with Crippen LogP contribution in [0.5, 0.6) is 0 Å². The Morgan fingerprint density at radius 1 is 1.14 bits per heavy atom. The van der Waals surface area contributed by atoms with Crippen molar-refractivity contribution in [1.82, 2.24) is 0 Å². The van der Waals surface area contributed by atoms with E-state index in [4.69, 9.17) is 4.74 Å². The largest absolute Gasteiger partial charge is 0.591 e. The number of benzene rings is 1. The van der Waals surface area contributed by atoms with Gasteiger partial charge in [-0.1, -0.05) is 16.5 Å². The van der Waals surface area contributed by atoms with Crippen molar-refractivity contribution in [2.45, 2.75) is 51.9 Å². The monoisotopic (exact) mass is 309 g/mol. The summed E-state index contributed by atoms with van der Waals surface area (Å²) in [4.78, 5) is 11.9. The summed E-state index contributed by atoms with van der Waals surface area (Å²) in [5.74, 6) is -0.357. The van der Waals surface area contributed by atoms with E-state index in [1.807, 2.05) is 41.5 Å². The van der Waals surface area contributed by atoms with Gasteiger partial charge in [0.1, 0.15) is 21.7 Å². The average molecular weight is 309 g/mol. The Hall–Kier alpha value is -1.33. The first-order chi connectivity index (χ1) is 9.49. The van der Waals surface area contributed by atoms with Crippen LogP contribution in [-0.4, -0.2) is 27.1 Å². The van der Waals surface area contributed by atoms with E-state index in [0.29, 0.717) is 5.56 Å². The second kappa shape index (κ2) is 6.62. The van der Waals surface area contributed by atoms with E-state index < -0.39 is 17.0 Å². The molecule has 0 aliphatic rings. The van der Waals surface area contributed by atoms with Crippen molar-refractivity contribution in [2.75, 3.05) is 0 Å². The molecular formula is C16H23NO3S. The van der Waals surface area contributed by atoms with Gasteiger partial charge in [-0.25, -0.2) is 4.79 Å². The van der Waals surface area contributed by atoms with E-state index in [-0.39, 0.29) is 10.7 Å². The predicted octanol–water partition coefficient (Wildman–Crippen LogP) is 3.52. The third-order valence-electron chi connectivity index (χ3n) is 2.37. The van der Waals surface area contributed by atoms with Crippen molar-refractivity contribution in [2.24, 2.45) is 4.40 Å². The molecule has 0 saturated carbocycles. The highest BCUT2D eigenvalue weighted by molar-refractivity contribution is 7.91. The number of carbonyl (C=O) groups is 1. The van der Waals surface area contributed by atoms with Gasteiger partial charge in [-0.2, -0.15) is 0 Å². The van der Waals surface area contributed by atoms with E-state index in [9.17, 15) is 9.35 Å². The molecule has 0 aromatic heterocycles. The summed E-state index contributed by atoms with van der Waals surface area (Å²) < 4.78 is 20.7. The van der Waals surface area contributed by atoms with Gasteiger partial charge in [-0.3, -0.25) is 0 Å². The lowest BCUT2D eigenvalue weighted by atomic mass is 10.1. The van der Waals surface area contributed by atoms with Gasteiger partial charge in [-0.05, 0) is 59.2 Å².